The number of likely N-dealkylation sites (N-methyl/N-ethyl adjacent to an activating group) is 1. The zero-order chi connectivity index (χ0) is 20.7. The van der Waals surface area contributed by atoms with Gasteiger partial charge in [0, 0.05) is 18.8 Å². The largest absolute Gasteiger partial charge is 0.550 e. The predicted octanol–water partition coefficient (Wildman–Crippen LogP) is 3.69. The summed E-state index contributed by atoms with van der Waals surface area (Å²) in [5.74, 6) is -0.648. The van der Waals surface area contributed by atoms with Gasteiger partial charge in [-0.3, -0.25) is 4.79 Å². The summed E-state index contributed by atoms with van der Waals surface area (Å²) < 4.78 is 5.91. The molecule has 0 fully saturated rings. The Morgan fingerprint density at radius 1 is 0.852 bits per heavy atom. The molecule has 0 bridgehead atoms. The van der Waals surface area contributed by atoms with Crippen LogP contribution < -0.4 is 5.11 Å². The minimum absolute atomic E-state index is 0.238. The number of hydrogen-bond acceptors (Lipinski definition) is 4. The number of carboxylic acid groups (broad SMARTS) is 1. The minimum Gasteiger partial charge on any atom is -0.550 e. The van der Waals surface area contributed by atoms with Gasteiger partial charge in [0.15, 0.2) is 6.10 Å². The highest BCUT2D eigenvalue weighted by atomic mass is 16.5. The molecular weight excluding hydrogens is 342 g/mol. The van der Waals surface area contributed by atoms with Crippen molar-refractivity contribution in [2.45, 2.75) is 97.0 Å². The van der Waals surface area contributed by atoms with Crippen molar-refractivity contribution in [2.75, 3.05) is 27.7 Å². The number of carbonyl (C=O) groups is 2. The van der Waals surface area contributed by atoms with Gasteiger partial charge in [-0.15, -0.1) is 0 Å². The summed E-state index contributed by atoms with van der Waals surface area (Å²) in [6.07, 6.45) is 11.7. The van der Waals surface area contributed by atoms with E-state index in [4.69, 9.17) is 4.74 Å². The predicted molar refractivity (Wildman–Crippen MR) is 108 cm³/mol. The van der Waals surface area contributed by atoms with E-state index in [1.54, 1.807) is 0 Å². The van der Waals surface area contributed by atoms with E-state index in [0.29, 0.717) is 17.4 Å². The minimum atomic E-state index is -1.18. The Morgan fingerprint density at radius 3 is 1.78 bits per heavy atom. The van der Waals surface area contributed by atoms with E-state index in [9.17, 15) is 14.7 Å². The van der Waals surface area contributed by atoms with E-state index in [0.717, 1.165) is 25.2 Å². The van der Waals surface area contributed by atoms with Crippen LogP contribution in [0.25, 0.3) is 0 Å². The molecule has 0 aromatic carbocycles. The van der Waals surface area contributed by atoms with Gasteiger partial charge in [0.05, 0.1) is 21.1 Å². The molecule has 27 heavy (non-hydrogen) atoms. The fraction of sp³-hybridized carbons (Fsp3) is 0.909. The van der Waals surface area contributed by atoms with Gasteiger partial charge < -0.3 is 19.1 Å². The number of rotatable bonds is 17. The summed E-state index contributed by atoms with van der Waals surface area (Å²) in [7, 11) is 5.83. The summed E-state index contributed by atoms with van der Waals surface area (Å²) in [5.41, 5.74) is 0. The Morgan fingerprint density at radius 2 is 1.33 bits per heavy atom. The Bertz CT molecular complexity index is 402. The number of ether oxygens (including phenoxy) is 1. The lowest BCUT2D eigenvalue weighted by Gasteiger charge is -2.29. The average Bonchev–Trinajstić information content (AvgIpc) is 2.49. The van der Waals surface area contributed by atoms with Gasteiger partial charge in [-0.25, -0.2) is 0 Å². The van der Waals surface area contributed by atoms with Crippen molar-refractivity contribution < 1.29 is 23.9 Å². The van der Waals surface area contributed by atoms with Crippen LogP contribution in [0.2, 0.25) is 0 Å². The SMILES string of the molecule is CC(C)CCCCCCCCCCCC(=O)OC(CC(=O)[O-])C[N+](C)(C)C. The Kier molecular flexibility index (Phi) is 14.3. The molecule has 0 aliphatic rings. The highest BCUT2D eigenvalue weighted by Gasteiger charge is 2.22. The lowest BCUT2D eigenvalue weighted by Crippen LogP contribution is -2.45. The van der Waals surface area contributed by atoms with Crippen molar-refractivity contribution >= 4 is 11.9 Å². The Labute approximate surface area is 167 Å². The van der Waals surface area contributed by atoms with Crippen molar-refractivity contribution in [2.24, 2.45) is 5.92 Å². The lowest BCUT2D eigenvalue weighted by molar-refractivity contribution is -0.873. The molecule has 0 aromatic heterocycles. The van der Waals surface area contributed by atoms with E-state index in [1.807, 2.05) is 21.1 Å². The number of carboxylic acids is 1. The van der Waals surface area contributed by atoms with Gasteiger partial charge in [-0.1, -0.05) is 71.6 Å². The molecule has 5 nitrogen and oxygen atoms in total. The zero-order valence-corrected chi connectivity index (χ0v) is 18.4. The average molecular weight is 386 g/mol. The molecule has 160 valence electrons. The maximum atomic E-state index is 12.0. The van der Waals surface area contributed by atoms with Gasteiger partial charge in [-0.2, -0.15) is 0 Å². The molecule has 0 amide bonds. The van der Waals surface area contributed by atoms with Gasteiger partial charge in [0.25, 0.3) is 0 Å². The van der Waals surface area contributed by atoms with Crippen LogP contribution in [-0.4, -0.2) is 50.2 Å². The molecule has 0 N–H and O–H groups in total. The fourth-order valence-electron chi connectivity index (χ4n) is 3.24. The van der Waals surface area contributed by atoms with Crippen molar-refractivity contribution in [3.05, 3.63) is 0 Å². The second-order valence-electron chi connectivity index (χ2n) is 9.28. The van der Waals surface area contributed by atoms with Crippen LogP contribution in [0.3, 0.4) is 0 Å². The maximum absolute atomic E-state index is 12.0. The summed E-state index contributed by atoms with van der Waals surface area (Å²) >= 11 is 0. The molecule has 0 saturated carbocycles. The van der Waals surface area contributed by atoms with Crippen LogP contribution >= 0.6 is 0 Å². The highest BCUT2D eigenvalue weighted by Crippen LogP contribution is 2.14. The van der Waals surface area contributed by atoms with Crippen LogP contribution in [0.1, 0.15) is 90.9 Å². The fourth-order valence-corrected chi connectivity index (χ4v) is 3.24. The third-order valence-electron chi connectivity index (χ3n) is 4.61. The number of quaternary nitrogens is 1. The molecule has 0 radical (unpaired) electrons. The molecule has 0 rings (SSSR count). The number of carbonyl (C=O) groups excluding carboxylic acids is 2. The quantitative estimate of drug-likeness (QED) is 0.218. The standard InChI is InChI=1S/C22H43NO4/c1-19(2)15-13-11-9-7-6-8-10-12-14-16-22(26)27-20(17-21(24)25)18-23(3,4)5/h19-20H,6-18H2,1-5H3. The van der Waals surface area contributed by atoms with Gasteiger partial charge in [0.1, 0.15) is 6.54 Å². The van der Waals surface area contributed by atoms with Crippen molar-refractivity contribution in [1.82, 2.24) is 0 Å². The number of aliphatic carboxylic acids is 1. The van der Waals surface area contributed by atoms with Gasteiger partial charge >= 0.3 is 5.97 Å². The van der Waals surface area contributed by atoms with E-state index in [1.165, 1.54) is 44.9 Å². The number of unbranched alkanes of at least 4 members (excludes halogenated alkanes) is 8. The van der Waals surface area contributed by atoms with Crippen LogP contribution in [0.15, 0.2) is 0 Å². The molecule has 5 heteroatoms. The first-order chi connectivity index (χ1) is 12.6. The summed E-state index contributed by atoms with van der Waals surface area (Å²) in [4.78, 5) is 22.8. The van der Waals surface area contributed by atoms with Crippen LogP contribution in [0, 0.1) is 5.92 Å². The normalized spacial score (nSPS) is 13.0. The van der Waals surface area contributed by atoms with Gasteiger partial charge in [-0.05, 0) is 12.3 Å². The monoisotopic (exact) mass is 385 g/mol. The number of nitrogens with zero attached hydrogens (tertiary/aromatic N) is 1. The molecule has 0 aliphatic carbocycles. The summed E-state index contributed by atoms with van der Waals surface area (Å²) in [5, 5.41) is 10.8. The maximum Gasteiger partial charge on any atom is 0.306 e. The molecule has 1 unspecified atom stereocenters. The Balaban J connectivity index is 3.70. The number of hydrogen-bond donors (Lipinski definition) is 0. The second-order valence-corrected chi connectivity index (χ2v) is 9.28. The first-order valence-electron chi connectivity index (χ1n) is 10.8. The van der Waals surface area contributed by atoms with Crippen LogP contribution in [0.4, 0.5) is 0 Å². The Hall–Kier alpha value is -1.10. The summed E-state index contributed by atoms with van der Waals surface area (Å²) in [6, 6.07) is 0. The molecule has 0 heterocycles. The van der Waals surface area contributed by atoms with Crippen molar-refractivity contribution in [3.63, 3.8) is 0 Å². The molecule has 0 spiro atoms. The topological polar surface area (TPSA) is 66.4 Å². The third kappa shape index (κ3) is 19.5. The summed E-state index contributed by atoms with van der Waals surface area (Å²) in [6.45, 7) is 5.03. The molecular formula is C22H43NO4. The highest BCUT2D eigenvalue weighted by molar-refractivity contribution is 5.70. The molecule has 0 aliphatic heterocycles. The van der Waals surface area contributed by atoms with Crippen LogP contribution in [-0.2, 0) is 14.3 Å². The lowest BCUT2D eigenvalue weighted by atomic mass is 10.0. The van der Waals surface area contributed by atoms with E-state index < -0.39 is 12.1 Å². The van der Waals surface area contributed by atoms with E-state index in [2.05, 4.69) is 13.8 Å². The van der Waals surface area contributed by atoms with Crippen LogP contribution in [0.5, 0.6) is 0 Å². The first kappa shape index (κ1) is 25.9. The zero-order valence-electron chi connectivity index (χ0n) is 18.4. The molecule has 0 aromatic rings. The van der Waals surface area contributed by atoms with Gasteiger partial charge in [0.2, 0.25) is 0 Å². The third-order valence-corrected chi connectivity index (χ3v) is 4.61. The number of esters is 1. The van der Waals surface area contributed by atoms with E-state index in [-0.39, 0.29) is 12.4 Å². The van der Waals surface area contributed by atoms with Crippen molar-refractivity contribution in [3.8, 4) is 0 Å². The first-order valence-corrected chi connectivity index (χ1v) is 10.8. The molecule has 1 atom stereocenters. The van der Waals surface area contributed by atoms with E-state index >= 15 is 0 Å². The second kappa shape index (κ2) is 14.9. The van der Waals surface area contributed by atoms with Crippen molar-refractivity contribution in [1.29, 1.82) is 0 Å². The smallest absolute Gasteiger partial charge is 0.306 e. The molecule has 0 saturated heterocycles.